The van der Waals surface area contributed by atoms with Crippen LogP contribution in [0.3, 0.4) is 0 Å². The molecular weight excluding hydrogens is 411 g/mol. The molecule has 2 unspecified atom stereocenters. The second kappa shape index (κ2) is 6.69. The van der Waals surface area contributed by atoms with Gasteiger partial charge in [-0.05, 0) is 25.3 Å². The molecule has 0 spiro atoms. The van der Waals surface area contributed by atoms with Crippen molar-refractivity contribution in [3.05, 3.63) is 24.8 Å². The molecule has 4 atom stereocenters. The molecule has 2 aliphatic heterocycles. The molecule has 1 aliphatic carbocycles. The van der Waals surface area contributed by atoms with Crippen LogP contribution in [0.15, 0.2) is 24.8 Å². The normalized spacial score (nSPS) is 27.5. The Morgan fingerprint density at radius 3 is 2.58 bits per heavy atom. The van der Waals surface area contributed by atoms with Crippen LogP contribution in [0.25, 0.3) is 22.3 Å². The van der Waals surface area contributed by atoms with Gasteiger partial charge < -0.3 is 14.8 Å². The Kier molecular flexibility index (Phi) is 4.03. The van der Waals surface area contributed by atoms with Gasteiger partial charge in [0, 0.05) is 36.9 Å². The molecular formula is C20H20F3N7O. The maximum atomic E-state index is 13.4. The Hall–Kier alpha value is -3.11. The summed E-state index contributed by atoms with van der Waals surface area (Å²) >= 11 is 0. The average molecular weight is 431 g/mol. The van der Waals surface area contributed by atoms with Gasteiger partial charge >= 0.3 is 6.55 Å². The van der Waals surface area contributed by atoms with E-state index in [2.05, 4.69) is 25.0 Å². The van der Waals surface area contributed by atoms with E-state index in [1.54, 1.807) is 0 Å². The third-order valence-corrected chi connectivity index (χ3v) is 6.58. The van der Waals surface area contributed by atoms with Crippen molar-refractivity contribution in [1.82, 2.24) is 29.6 Å². The molecule has 5 heterocycles. The average Bonchev–Trinajstić information content (AvgIpc) is 3.12. The van der Waals surface area contributed by atoms with Crippen LogP contribution in [-0.4, -0.2) is 66.9 Å². The first kappa shape index (κ1) is 18.6. The van der Waals surface area contributed by atoms with E-state index in [0.717, 1.165) is 24.0 Å². The number of carbonyl (C=O) groups is 1. The minimum absolute atomic E-state index is 0.0479. The lowest BCUT2D eigenvalue weighted by Gasteiger charge is -2.41. The van der Waals surface area contributed by atoms with Crippen molar-refractivity contribution in [2.75, 3.05) is 18.0 Å². The Labute approximate surface area is 175 Å². The highest BCUT2D eigenvalue weighted by molar-refractivity contribution is 5.92. The van der Waals surface area contributed by atoms with Crippen molar-refractivity contribution in [2.45, 2.75) is 44.1 Å². The van der Waals surface area contributed by atoms with Gasteiger partial charge in [0.15, 0.2) is 0 Å². The predicted molar refractivity (Wildman–Crippen MR) is 105 cm³/mol. The summed E-state index contributed by atoms with van der Waals surface area (Å²) in [5, 5.41) is 4.47. The van der Waals surface area contributed by atoms with Crippen molar-refractivity contribution in [2.24, 2.45) is 5.92 Å². The number of halogens is 3. The van der Waals surface area contributed by atoms with Gasteiger partial charge in [-0.15, -0.1) is 0 Å². The Morgan fingerprint density at radius 2 is 1.94 bits per heavy atom. The number of amides is 1. The van der Waals surface area contributed by atoms with Crippen molar-refractivity contribution in [3.63, 3.8) is 0 Å². The smallest absolute Gasteiger partial charge is 0.333 e. The zero-order chi connectivity index (χ0) is 21.3. The van der Waals surface area contributed by atoms with E-state index in [-0.39, 0.29) is 18.0 Å². The van der Waals surface area contributed by atoms with Crippen LogP contribution in [0, 0.1) is 5.92 Å². The van der Waals surface area contributed by atoms with E-state index >= 15 is 0 Å². The molecule has 162 valence electrons. The summed E-state index contributed by atoms with van der Waals surface area (Å²) in [6.45, 7) is -1.45. The lowest BCUT2D eigenvalue weighted by Crippen LogP contribution is -2.56. The summed E-state index contributed by atoms with van der Waals surface area (Å²) in [5.41, 5.74) is 1.77. The largest absolute Gasteiger partial charge is 0.352 e. The van der Waals surface area contributed by atoms with Gasteiger partial charge in [0.2, 0.25) is 5.91 Å². The third-order valence-electron chi connectivity index (χ3n) is 6.58. The van der Waals surface area contributed by atoms with Gasteiger partial charge in [0.05, 0.1) is 23.2 Å². The van der Waals surface area contributed by atoms with Crippen molar-refractivity contribution >= 4 is 22.8 Å². The number of alkyl halides is 3. The number of hydrogen-bond donors (Lipinski definition) is 1. The molecule has 1 N–H and O–H groups in total. The fraction of sp³-hybridized carbons (Fsp3) is 0.500. The summed E-state index contributed by atoms with van der Waals surface area (Å²) in [6, 6.07) is 1.94. The van der Waals surface area contributed by atoms with E-state index in [0.29, 0.717) is 41.1 Å². The molecule has 11 heteroatoms. The van der Waals surface area contributed by atoms with Crippen LogP contribution in [0.2, 0.25) is 0 Å². The van der Waals surface area contributed by atoms with Crippen LogP contribution in [0.1, 0.15) is 25.8 Å². The molecule has 1 amide bonds. The van der Waals surface area contributed by atoms with Crippen LogP contribution in [0.4, 0.5) is 19.0 Å². The number of rotatable bonds is 4. The summed E-state index contributed by atoms with van der Waals surface area (Å²) in [4.78, 5) is 28.7. The summed E-state index contributed by atoms with van der Waals surface area (Å²) in [5.74, 6) is 0.238. The first-order valence-electron chi connectivity index (χ1n) is 10.4. The number of aromatic amines is 1. The van der Waals surface area contributed by atoms with E-state index in [4.69, 9.17) is 0 Å². The van der Waals surface area contributed by atoms with Crippen LogP contribution in [0.5, 0.6) is 0 Å². The summed E-state index contributed by atoms with van der Waals surface area (Å²) in [7, 11) is 0. The van der Waals surface area contributed by atoms with Gasteiger partial charge in [-0.3, -0.25) is 4.79 Å². The number of aromatic nitrogens is 5. The molecule has 3 aromatic rings. The van der Waals surface area contributed by atoms with Crippen molar-refractivity contribution in [1.29, 1.82) is 0 Å². The number of fused-ring (bicyclic) bond motifs is 3. The van der Waals surface area contributed by atoms with Crippen molar-refractivity contribution < 1.29 is 18.0 Å². The highest BCUT2D eigenvalue weighted by atomic mass is 19.3. The predicted octanol–water partition coefficient (Wildman–Crippen LogP) is 2.75. The van der Waals surface area contributed by atoms with E-state index in [1.165, 1.54) is 18.7 Å². The summed E-state index contributed by atoms with van der Waals surface area (Å²) in [6.07, 6.45) is 5.29. The summed E-state index contributed by atoms with van der Waals surface area (Å²) < 4.78 is 39.8. The first-order chi connectivity index (χ1) is 15.0. The van der Waals surface area contributed by atoms with E-state index in [1.807, 2.05) is 11.0 Å². The highest BCUT2D eigenvalue weighted by Crippen LogP contribution is 2.41. The molecule has 0 aromatic carbocycles. The van der Waals surface area contributed by atoms with E-state index in [9.17, 15) is 18.0 Å². The topological polar surface area (TPSA) is 82.9 Å². The highest BCUT2D eigenvalue weighted by Gasteiger charge is 2.51. The van der Waals surface area contributed by atoms with Crippen LogP contribution in [-0.2, 0) is 4.79 Å². The second-order valence-electron chi connectivity index (χ2n) is 8.52. The number of carbonyl (C=O) groups excluding carboxylic acids is 1. The maximum absolute atomic E-state index is 13.4. The monoisotopic (exact) mass is 431 g/mol. The molecule has 3 fully saturated rings. The first-order valence-corrected chi connectivity index (χ1v) is 10.4. The van der Waals surface area contributed by atoms with Gasteiger partial charge in [-0.25, -0.2) is 19.0 Å². The van der Waals surface area contributed by atoms with Crippen LogP contribution >= 0.6 is 0 Å². The van der Waals surface area contributed by atoms with Crippen LogP contribution < -0.4 is 4.90 Å². The Morgan fingerprint density at radius 1 is 1.19 bits per heavy atom. The molecule has 2 bridgehead atoms. The number of anilines is 1. The molecule has 3 aromatic heterocycles. The SMILES string of the molecule is O=C([C@@H]1C[C@H]1F)N1C2CCC1CN(c1ncnc3[nH]c(-c4cnn(C(F)F)c4)cc13)C2. The fourth-order valence-corrected chi connectivity index (χ4v) is 4.96. The van der Waals surface area contributed by atoms with Crippen molar-refractivity contribution in [3.8, 4) is 11.3 Å². The molecule has 2 saturated heterocycles. The minimum Gasteiger partial charge on any atom is -0.352 e. The number of nitrogens with one attached hydrogen (secondary N) is 1. The van der Waals surface area contributed by atoms with Gasteiger partial charge in [-0.2, -0.15) is 13.9 Å². The molecule has 3 aliphatic rings. The number of hydrogen-bond acceptors (Lipinski definition) is 5. The zero-order valence-corrected chi connectivity index (χ0v) is 16.5. The molecule has 8 nitrogen and oxygen atoms in total. The molecule has 31 heavy (non-hydrogen) atoms. The minimum atomic E-state index is -2.70. The van der Waals surface area contributed by atoms with E-state index < -0.39 is 18.6 Å². The number of H-pyrrole nitrogens is 1. The standard InChI is InChI=1S/C20H20F3N7O/c21-15-3-13(15)19(31)30-11-1-2-12(30)8-28(7-11)18-14-4-16(27-17(14)24-9-25-18)10-5-26-29(6-10)20(22)23/h4-6,9,11-13,15,20H,1-3,7-8H2,(H,24,25,27)/t11?,12?,13-,15-/m1/s1. The lowest BCUT2D eigenvalue weighted by atomic mass is 10.1. The Bertz CT molecular complexity index is 1150. The van der Waals surface area contributed by atoms with Gasteiger partial charge in [0.25, 0.3) is 0 Å². The Balaban J connectivity index is 1.29. The zero-order valence-electron chi connectivity index (χ0n) is 16.5. The molecule has 0 radical (unpaired) electrons. The number of piperazine rings is 1. The van der Waals surface area contributed by atoms with Gasteiger partial charge in [-0.1, -0.05) is 0 Å². The third kappa shape index (κ3) is 2.97. The van der Waals surface area contributed by atoms with Gasteiger partial charge in [0.1, 0.15) is 24.0 Å². The number of nitrogens with zero attached hydrogens (tertiary/aromatic N) is 6. The quantitative estimate of drug-likeness (QED) is 0.687. The second-order valence-corrected chi connectivity index (χ2v) is 8.52. The fourth-order valence-electron chi connectivity index (χ4n) is 4.96. The molecule has 1 saturated carbocycles. The maximum Gasteiger partial charge on any atom is 0.333 e. The molecule has 6 rings (SSSR count). The lowest BCUT2D eigenvalue weighted by molar-refractivity contribution is -0.136.